The minimum absolute atomic E-state index is 0.0595. The first-order valence-corrected chi connectivity index (χ1v) is 10.8. The van der Waals surface area contributed by atoms with Crippen LogP contribution in [0.25, 0.3) is 10.2 Å². The molecule has 1 fully saturated rings. The van der Waals surface area contributed by atoms with Gasteiger partial charge in [-0.25, -0.2) is 4.98 Å². The van der Waals surface area contributed by atoms with E-state index in [0.717, 1.165) is 41.2 Å². The molecular weight excluding hydrogens is 366 g/mol. The molecule has 0 aliphatic carbocycles. The Morgan fingerprint density at radius 1 is 1.25 bits per heavy atom. The number of aryl methyl sites for hydroxylation is 1. The summed E-state index contributed by atoms with van der Waals surface area (Å²) >= 11 is 1.75. The van der Waals surface area contributed by atoms with Crippen LogP contribution >= 0.6 is 11.3 Å². The summed E-state index contributed by atoms with van der Waals surface area (Å²) in [7, 11) is 0. The fraction of sp³-hybridized carbons (Fsp3) is 0.391. The highest BCUT2D eigenvalue weighted by atomic mass is 32.1. The lowest BCUT2D eigenvalue weighted by atomic mass is 9.98. The minimum Gasteiger partial charge on any atom is -0.324 e. The summed E-state index contributed by atoms with van der Waals surface area (Å²) in [6.45, 7) is 7.73. The van der Waals surface area contributed by atoms with Gasteiger partial charge in [-0.3, -0.25) is 9.69 Å². The molecule has 1 amide bonds. The van der Waals surface area contributed by atoms with Crippen molar-refractivity contribution in [1.29, 1.82) is 0 Å². The highest BCUT2D eigenvalue weighted by Crippen LogP contribution is 2.36. The Morgan fingerprint density at radius 3 is 2.86 bits per heavy atom. The number of para-hydroxylation sites is 2. The number of nitrogens with zero attached hydrogens (tertiary/aromatic N) is 2. The zero-order valence-corrected chi connectivity index (χ0v) is 17.6. The highest BCUT2D eigenvalue weighted by Gasteiger charge is 2.30. The number of aromatic nitrogens is 1. The van der Waals surface area contributed by atoms with Crippen molar-refractivity contribution in [3.8, 4) is 0 Å². The number of carbonyl (C=O) groups is 1. The molecule has 0 bridgehead atoms. The predicted molar refractivity (Wildman–Crippen MR) is 117 cm³/mol. The second-order valence-corrected chi connectivity index (χ2v) is 8.95. The van der Waals surface area contributed by atoms with Gasteiger partial charge in [0.05, 0.1) is 22.8 Å². The van der Waals surface area contributed by atoms with Crippen LogP contribution in [-0.4, -0.2) is 28.9 Å². The van der Waals surface area contributed by atoms with E-state index in [9.17, 15) is 4.79 Å². The molecule has 1 N–H and O–H groups in total. The van der Waals surface area contributed by atoms with Crippen LogP contribution in [0.5, 0.6) is 0 Å². The standard InChI is InChI=1S/C23H27N3OS/c1-15(2)17-9-6-8-16(3)22(17)25-21(27)14-26-13-7-11-19(26)23-24-18-10-4-5-12-20(18)28-23/h4-6,8-10,12,15,19H,7,11,13-14H2,1-3H3,(H,25,27). The van der Waals surface area contributed by atoms with Crippen molar-refractivity contribution < 1.29 is 4.79 Å². The van der Waals surface area contributed by atoms with Gasteiger partial charge in [-0.15, -0.1) is 11.3 Å². The lowest BCUT2D eigenvalue weighted by Gasteiger charge is -2.23. The molecule has 4 rings (SSSR count). The van der Waals surface area contributed by atoms with Gasteiger partial charge < -0.3 is 5.32 Å². The first-order valence-electron chi connectivity index (χ1n) is 10.0. The number of amides is 1. The summed E-state index contributed by atoms with van der Waals surface area (Å²) in [6.07, 6.45) is 2.17. The Balaban J connectivity index is 1.50. The second kappa shape index (κ2) is 8.02. The van der Waals surface area contributed by atoms with E-state index >= 15 is 0 Å². The number of hydrogen-bond acceptors (Lipinski definition) is 4. The topological polar surface area (TPSA) is 45.2 Å². The molecule has 0 spiro atoms. The average molecular weight is 394 g/mol. The SMILES string of the molecule is Cc1cccc(C(C)C)c1NC(=O)CN1CCCC1c1nc2ccccc2s1. The monoisotopic (exact) mass is 393 g/mol. The zero-order chi connectivity index (χ0) is 19.7. The molecule has 1 aromatic heterocycles. The lowest BCUT2D eigenvalue weighted by Crippen LogP contribution is -2.33. The van der Waals surface area contributed by atoms with Crippen LogP contribution in [-0.2, 0) is 4.79 Å². The second-order valence-electron chi connectivity index (χ2n) is 7.89. The van der Waals surface area contributed by atoms with Gasteiger partial charge in [0.15, 0.2) is 0 Å². The van der Waals surface area contributed by atoms with E-state index in [1.807, 2.05) is 6.07 Å². The first-order chi connectivity index (χ1) is 13.5. The molecule has 2 aromatic carbocycles. The Morgan fingerprint density at radius 2 is 2.07 bits per heavy atom. The zero-order valence-electron chi connectivity index (χ0n) is 16.7. The van der Waals surface area contributed by atoms with Crippen LogP contribution in [0, 0.1) is 6.92 Å². The van der Waals surface area contributed by atoms with Crippen LogP contribution in [0.15, 0.2) is 42.5 Å². The van der Waals surface area contributed by atoms with Crippen molar-refractivity contribution in [1.82, 2.24) is 9.88 Å². The van der Waals surface area contributed by atoms with Crippen molar-refractivity contribution in [2.75, 3.05) is 18.4 Å². The maximum atomic E-state index is 12.9. The fourth-order valence-corrected chi connectivity index (χ4v) is 5.17. The van der Waals surface area contributed by atoms with Gasteiger partial charge in [0, 0.05) is 5.69 Å². The number of anilines is 1. The van der Waals surface area contributed by atoms with Crippen molar-refractivity contribution in [3.05, 3.63) is 58.6 Å². The number of carbonyl (C=O) groups excluding carboxylic acids is 1. The van der Waals surface area contributed by atoms with Gasteiger partial charge in [0.2, 0.25) is 5.91 Å². The molecular formula is C23H27N3OS. The summed E-state index contributed by atoms with van der Waals surface area (Å²) in [6, 6.07) is 14.7. The number of hydrogen-bond donors (Lipinski definition) is 1. The van der Waals surface area contributed by atoms with Crippen molar-refractivity contribution in [3.63, 3.8) is 0 Å². The minimum atomic E-state index is 0.0595. The van der Waals surface area contributed by atoms with Gasteiger partial charge in [-0.1, -0.05) is 44.2 Å². The molecule has 0 radical (unpaired) electrons. The third-order valence-corrected chi connectivity index (χ3v) is 6.63. The number of rotatable bonds is 5. The summed E-state index contributed by atoms with van der Waals surface area (Å²) in [4.78, 5) is 20.0. The molecule has 0 saturated carbocycles. The number of likely N-dealkylation sites (tertiary alicyclic amines) is 1. The number of thiazole rings is 1. The molecule has 2 heterocycles. The van der Waals surface area contributed by atoms with Crippen LogP contribution in [0.1, 0.15) is 54.8 Å². The average Bonchev–Trinajstić information content (AvgIpc) is 3.29. The molecule has 146 valence electrons. The van der Waals surface area contributed by atoms with Crippen LogP contribution in [0.3, 0.4) is 0 Å². The molecule has 1 saturated heterocycles. The van der Waals surface area contributed by atoms with Crippen LogP contribution < -0.4 is 5.32 Å². The molecule has 1 atom stereocenters. The quantitative estimate of drug-likeness (QED) is 0.622. The Hall–Kier alpha value is -2.24. The van der Waals surface area contributed by atoms with Gasteiger partial charge >= 0.3 is 0 Å². The fourth-order valence-electron chi connectivity index (χ4n) is 4.03. The van der Waals surface area contributed by atoms with Crippen molar-refractivity contribution in [2.45, 2.75) is 45.6 Å². The third kappa shape index (κ3) is 3.82. The van der Waals surface area contributed by atoms with E-state index in [1.54, 1.807) is 11.3 Å². The van der Waals surface area contributed by atoms with E-state index in [1.165, 1.54) is 10.3 Å². The molecule has 1 unspecified atom stereocenters. The first kappa shape index (κ1) is 19.1. The maximum Gasteiger partial charge on any atom is 0.238 e. The van der Waals surface area contributed by atoms with Gasteiger partial charge in [-0.05, 0) is 55.5 Å². The van der Waals surface area contributed by atoms with Gasteiger partial charge in [0.25, 0.3) is 0 Å². The highest BCUT2D eigenvalue weighted by molar-refractivity contribution is 7.18. The molecule has 5 heteroatoms. The van der Waals surface area contributed by atoms with Gasteiger partial charge in [0.1, 0.15) is 5.01 Å². The molecule has 3 aromatic rings. The van der Waals surface area contributed by atoms with Crippen LogP contribution in [0.4, 0.5) is 5.69 Å². The smallest absolute Gasteiger partial charge is 0.238 e. The van der Waals surface area contributed by atoms with E-state index in [0.29, 0.717) is 12.5 Å². The predicted octanol–water partition coefficient (Wildman–Crippen LogP) is 5.50. The van der Waals surface area contributed by atoms with E-state index < -0.39 is 0 Å². The lowest BCUT2D eigenvalue weighted by molar-refractivity contribution is -0.117. The van der Waals surface area contributed by atoms with E-state index in [-0.39, 0.29) is 11.9 Å². The van der Waals surface area contributed by atoms with Crippen molar-refractivity contribution in [2.24, 2.45) is 0 Å². The maximum absolute atomic E-state index is 12.9. The van der Waals surface area contributed by atoms with Gasteiger partial charge in [-0.2, -0.15) is 0 Å². The van der Waals surface area contributed by atoms with Crippen molar-refractivity contribution >= 4 is 33.1 Å². The van der Waals surface area contributed by atoms with E-state index in [2.05, 4.69) is 67.4 Å². The number of nitrogens with one attached hydrogen (secondary N) is 1. The number of fused-ring (bicyclic) bond motifs is 1. The molecule has 28 heavy (non-hydrogen) atoms. The number of benzene rings is 2. The normalized spacial score (nSPS) is 17.5. The summed E-state index contributed by atoms with van der Waals surface area (Å²) in [5.41, 5.74) is 4.33. The third-order valence-electron chi connectivity index (χ3n) is 5.50. The molecule has 1 aliphatic heterocycles. The molecule has 1 aliphatic rings. The summed E-state index contributed by atoms with van der Waals surface area (Å²) in [5.74, 6) is 0.432. The summed E-state index contributed by atoms with van der Waals surface area (Å²) < 4.78 is 1.22. The largest absolute Gasteiger partial charge is 0.324 e. The molecule has 4 nitrogen and oxygen atoms in total. The Bertz CT molecular complexity index is 961. The van der Waals surface area contributed by atoms with Crippen LogP contribution in [0.2, 0.25) is 0 Å². The Labute approximate surface area is 170 Å². The Kier molecular flexibility index (Phi) is 5.47. The van der Waals surface area contributed by atoms with E-state index in [4.69, 9.17) is 4.98 Å². The summed E-state index contributed by atoms with van der Waals surface area (Å²) in [5, 5.41) is 4.32.